The van der Waals surface area contributed by atoms with Gasteiger partial charge >= 0.3 is 0 Å². The highest BCUT2D eigenvalue weighted by Gasteiger charge is 2.25. The molecule has 1 amide bonds. The first-order chi connectivity index (χ1) is 15.8. The fraction of sp³-hybridized carbons (Fsp3) is 0.160. The number of carbonyl (C=O) groups excluding carboxylic acids is 1. The molecule has 1 aliphatic heterocycles. The predicted octanol–water partition coefficient (Wildman–Crippen LogP) is 4.80. The van der Waals surface area contributed by atoms with Crippen molar-refractivity contribution in [3.05, 3.63) is 95.0 Å². The molecule has 0 aromatic heterocycles. The Morgan fingerprint density at radius 1 is 1.03 bits per heavy atom. The van der Waals surface area contributed by atoms with Crippen LogP contribution in [0.4, 0.5) is 5.69 Å². The first-order valence-electron chi connectivity index (χ1n) is 10.4. The fourth-order valence-corrected chi connectivity index (χ4v) is 5.15. The molecule has 170 valence electrons. The zero-order valence-electron chi connectivity index (χ0n) is 18.0. The highest BCUT2D eigenvalue weighted by molar-refractivity contribution is 7.92. The summed E-state index contributed by atoms with van der Waals surface area (Å²) in [5.41, 5.74) is 2.87. The molecule has 1 aliphatic rings. The first-order valence-corrected chi connectivity index (χ1v) is 12.2. The van der Waals surface area contributed by atoms with Crippen LogP contribution in [-0.4, -0.2) is 44.5 Å². The number of phenols is 1. The van der Waals surface area contributed by atoms with E-state index in [2.05, 4.69) is 0 Å². The van der Waals surface area contributed by atoms with Gasteiger partial charge in [0.05, 0.1) is 10.6 Å². The number of aromatic hydroxyl groups is 1. The summed E-state index contributed by atoms with van der Waals surface area (Å²) in [7, 11) is -2.42. The lowest BCUT2D eigenvalue weighted by atomic mass is 9.99. The highest BCUT2D eigenvalue weighted by Crippen LogP contribution is 2.27. The largest absolute Gasteiger partial charge is 0.508 e. The van der Waals surface area contributed by atoms with Gasteiger partial charge in [-0.2, -0.15) is 0 Å². The van der Waals surface area contributed by atoms with Crippen LogP contribution in [0.3, 0.4) is 0 Å². The Labute approximate surface area is 198 Å². The van der Waals surface area contributed by atoms with E-state index in [1.54, 1.807) is 53.4 Å². The molecule has 8 heteroatoms. The molecule has 33 heavy (non-hydrogen) atoms. The molecule has 3 aromatic carbocycles. The van der Waals surface area contributed by atoms with Gasteiger partial charge in [0.15, 0.2) is 0 Å². The minimum atomic E-state index is -3.87. The van der Waals surface area contributed by atoms with Crippen LogP contribution >= 0.6 is 11.6 Å². The second-order valence-corrected chi connectivity index (χ2v) is 10.2. The third-order valence-electron chi connectivity index (χ3n) is 5.65. The quantitative estimate of drug-likeness (QED) is 0.566. The number of carbonyl (C=O) groups is 1. The number of hydrogen-bond acceptors (Lipinski definition) is 4. The summed E-state index contributed by atoms with van der Waals surface area (Å²) in [5.74, 6) is -0.0127. The number of halogens is 1. The van der Waals surface area contributed by atoms with Gasteiger partial charge in [-0.25, -0.2) is 8.42 Å². The fourth-order valence-electron chi connectivity index (χ4n) is 3.73. The van der Waals surface area contributed by atoms with Gasteiger partial charge in [0.2, 0.25) is 0 Å². The Morgan fingerprint density at radius 3 is 2.42 bits per heavy atom. The summed E-state index contributed by atoms with van der Waals surface area (Å²) in [6.07, 6.45) is 2.66. The van der Waals surface area contributed by atoms with Crippen molar-refractivity contribution in [2.45, 2.75) is 11.3 Å². The SMILES string of the molecule is CN(c1cccc(Cl)c1)S(=O)(=O)c1cccc(C(=O)N2CC=C(c3ccc(O)cc3)CC2)c1. The van der Waals surface area contributed by atoms with E-state index in [4.69, 9.17) is 11.6 Å². The number of hydrogen-bond donors (Lipinski definition) is 1. The Balaban J connectivity index is 1.53. The maximum atomic E-state index is 13.1. The number of anilines is 1. The Morgan fingerprint density at radius 2 is 1.76 bits per heavy atom. The van der Waals surface area contributed by atoms with Gasteiger partial charge in [-0.1, -0.05) is 41.9 Å². The summed E-state index contributed by atoms with van der Waals surface area (Å²) < 4.78 is 27.4. The smallest absolute Gasteiger partial charge is 0.264 e. The van der Waals surface area contributed by atoms with Crippen molar-refractivity contribution in [3.8, 4) is 5.75 Å². The van der Waals surface area contributed by atoms with Crippen LogP contribution in [-0.2, 0) is 10.0 Å². The number of benzene rings is 3. The first kappa shape index (κ1) is 22.9. The van der Waals surface area contributed by atoms with Crippen LogP contribution in [0.15, 0.2) is 83.8 Å². The van der Waals surface area contributed by atoms with E-state index in [9.17, 15) is 18.3 Å². The van der Waals surface area contributed by atoms with Crippen LogP contribution in [0.25, 0.3) is 5.57 Å². The maximum Gasteiger partial charge on any atom is 0.264 e. The molecular formula is C25H23ClN2O4S. The van der Waals surface area contributed by atoms with Crippen molar-refractivity contribution >= 4 is 38.8 Å². The van der Waals surface area contributed by atoms with Crippen LogP contribution in [0.1, 0.15) is 22.3 Å². The van der Waals surface area contributed by atoms with Gasteiger partial charge in [0.1, 0.15) is 5.75 Å². The van der Waals surface area contributed by atoms with Gasteiger partial charge in [0, 0.05) is 30.7 Å². The molecule has 0 saturated heterocycles. The van der Waals surface area contributed by atoms with Crippen molar-refractivity contribution in [2.24, 2.45) is 0 Å². The minimum Gasteiger partial charge on any atom is -0.508 e. The molecule has 1 heterocycles. The van der Waals surface area contributed by atoms with Gasteiger partial charge in [-0.15, -0.1) is 0 Å². The van der Waals surface area contributed by atoms with Crippen molar-refractivity contribution in [1.82, 2.24) is 4.90 Å². The average molecular weight is 483 g/mol. The third kappa shape index (κ3) is 4.89. The molecular weight excluding hydrogens is 460 g/mol. The van der Waals surface area contributed by atoms with Gasteiger partial charge in [-0.05, 0) is 66.1 Å². The van der Waals surface area contributed by atoms with Crippen LogP contribution in [0.2, 0.25) is 5.02 Å². The maximum absolute atomic E-state index is 13.1. The van der Waals surface area contributed by atoms with Gasteiger partial charge in [0.25, 0.3) is 15.9 Å². The Bertz CT molecular complexity index is 1320. The normalized spacial score (nSPS) is 14.0. The summed E-state index contributed by atoms with van der Waals surface area (Å²) in [5, 5.41) is 9.90. The van der Waals surface area contributed by atoms with Crippen LogP contribution in [0, 0.1) is 0 Å². The topological polar surface area (TPSA) is 77.9 Å². The van der Waals surface area contributed by atoms with E-state index in [-0.39, 0.29) is 16.6 Å². The van der Waals surface area contributed by atoms with E-state index in [0.717, 1.165) is 15.4 Å². The molecule has 0 spiro atoms. The second kappa shape index (κ2) is 9.29. The Hall–Kier alpha value is -3.29. The van der Waals surface area contributed by atoms with E-state index < -0.39 is 10.0 Å². The third-order valence-corrected chi connectivity index (χ3v) is 7.66. The van der Waals surface area contributed by atoms with Crippen LogP contribution < -0.4 is 4.31 Å². The number of sulfonamides is 1. The standard InChI is InChI=1S/C25H23ClN2O4S/c1-27(22-6-3-5-21(26)17-22)33(31,32)24-7-2-4-20(16-24)25(30)28-14-12-19(13-15-28)18-8-10-23(29)11-9-18/h2-12,16-17,29H,13-15H2,1H3. The molecule has 4 rings (SSSR count). The number of rotatable bonds is 5. The molecule has 1 N–H and O–H groups in total. The second-order valence-electron chi connectivity index (χ2n) is 7.76. The summed E-state index contributed by atoms with van der Waals surface area (Å²) in [6.45, 7) is 0.944. The Kier molecular flexibility index (Phi) is 6.44. The molecule has 0 aliphatic carbocycles. The van der Waals surface area contributed by atoms with Crippen LogP contribution in [0.5, 0.6) is 5.75 Å². The van der Waals surface area contributed by atoms with E-state index in [1.165, 1.54) is 19.2 Å². The molecule has 0 fully saturated rings. The molecule has 0 radical (unpaired) electrons. The number of nitrogens with zero attached hydrogens (tertiary/aromatic N) is 2. The predicted molar refractivity (Wildman–Crippen MR) is 130 cm³/mol. The molecule has 0 bridgehead atoms. The molecule has 6 nitrogen and oxygen atoms in total. The lowest BCUT2D eigenvalue weighted by molar-refractivity contribution is 0.0772. The molecule has 3 aromatic rings. The van der Waals surface area contributed by atoms with Gasteiger partial charge in [-0.3, -0.25) is 9.10 Å². The van der Waals surface area contributed by atoms with E-state index in [1.807, 2.05) is 18.2 Å². The molecule has 0 unspecified atom stereocenters. The lowest BCUT2D eigenvalue weighted by Crippen LogP contribution is -2.35. The molecule has 0 atom stereocenters. The molecule has 0 saturated carbocycles. The average Bonchev–Trinajstić information content (AvgIpc) is 2.84. The minimum absolute atomic E-state index is 0.0353. The van der Waals surface area contributed by atoms with E-state index in [0.29, 0.717) is 35.8 Å². The van der Waals surface area contributed by atoms with E-state index >= 15 is 0 Å². The number of amides is 1. The van der Waals surface area contributed by atoms with Crippen molar-refractivity contribution in [3.63, 3.8) is 0 Å². The zero-order valence-corrected chi connectivity index (χ0v) is 19.6. The summed E-state index contributed by atoms with van der Waals surface area (Å²) in [4.78, 5) is 14.8. The summed E-state index contributed by atoms with van der Waals surface area (Å²) in [6, 6.07) is 19.7. The monoisotopic (exact) mass is 482 g/mol. The zero-order chi connectivity index (χ0) is 23.6. The summed E-state index contributed by atoms with van der Waals surface area (Å²) >= 11 is 6.01. The number of phenolic OH excluding ortho intramolecular Hbond substituents is 1. The van der Waals surface area contributed by atoms with Gasteiger partial charge < -0.3 is 10.0 Å². The van der Waals surface area contributed by atoms with Crippen molar-refractivity contribution in [2.75, 3.05) is 24.4 Å². The van der Waals surface area contributed by atoms with Crippen molar-refractivity contribution < 1.29 is 18.3 Å². The van der Waals surface area contributed by atoms with Crippen molar-refractivity contribution in [1.29, 1.82) is 0 Å². The lowest BCUT2D eigenvalue weighted by Gasteiger charge is -2.27. The highest BCUT2D eigenvalue weighted by atomic mass is 35.5.